The number of carbonyl (C=O) groups is 1. The van der Waals surface area contributed by atoms with Crippen molar-refractivity contribution < 1.29 is 44.3 Å². The third-order valence-corrected chi connectivity index (χ3v) is 5.31. The second kappa shape index (κ2) is 10.0. The lowest BCUT2D eigenvalue weighted by molar-refractivity contribution is -0.143. The van der Waals surface area contributed by atoms with Crippen LogP contribution in [0.5, 0.6) is 0 Å². The third kappa shape index (κ3) is 6.51. The van der Waals surface area contributed by atoms with Crippen molar-refractivity contribution in [3.63, 3.8) is 0 Å². The maximum absolute atomic E-state index is 13.1. The maximum Gasteiger partial charge on any atom is 0.416 e. The van der Waals surface area contributed by atoms with E-state index in [1.54, 1.807) is 30.3 Å². The SMILES string of the molecule is O=C(Nc1cc(C(F)(F)F)cc(C(F)(F)F)c1)Nc1cc(-c2ccccc2)nn1-c1ccc(C(F)(F)F)cc1. The third-order valence-electron chi connectivity index (χ3n) is 5.31. The van der Waals surface area contributed by atoms with Crippen LogP contribution in [0.1, 0.15) is 16.7 Å². The number of amides is 2. The quantitative estimate of drug-likeness (QED) is 0.248. The van der Waals surface area contributed by atoms with Gasteiger partial charge in [-0.1, -0.05) is 30.3 Å². The lowest BCUT2D eigenvalue weighted by Crippen LogP contribution is -2.22. The summed E-state index contributed by atoms with van der Waals surface area (Å²) in [5, 5.41) is 8.50. The molecule has 5 nitrogen and oxygen atoms in total. The van der Waals surface area contributed by atoms with Gasteiger partial charge >= 0.3 is 24.6 Å². The summed E-state index contributed by atoms with van der Waals surface area (Å²) in [6, 6.07) is 12.8. The van der Waals surface area contributed by atoms with Gasteiger partial charge in [0.25, 0.3) is 0 Å². The Morgan fingerprint density at radius 1 is 0.641 bits per heavy atom. The molecule has 1 heterocycles. The van der Waals surface area contributed by atoms with E-state index in [4.69, 9.17) is 0 Å². The normalized spacial score (nSPS) is 12.3. The molecule has 0 fully saturated rings. The fourth-order valence-electron chi connectivity index (χ4n) is 3.51. The molecule has 4 aromatic rings. The number of nitrogens with zero attached hydrogens (tertiary/aromatic N) is 2. The van der Waals surface area contributed by atoms with Crippen LogP contribution in [0.4, 0.5) is 55.8 Å². The van der Waals surface area contributed by atoms with Crippen molar-refractivity contribution in [1.82, 2.24) is 9.78 Å². The molecule has 0 radical (unpaired) electrons. The van der Waals surface area contributed by atoms with Gasteiger partial charge in [-0.25, -0.2) is 9.48 Å². The van der Waals surface area contributed by atoms with Gasteiger partial charge in [0.1, 0.15) is 5.82 Å². The van der Waals surface area contributed by atoms with E-state index in [0.717, 1.165) is 28.9 Å². The van der Waals surface area contributed by atoms with Gasteiger partial charge in [-0.2, -0.15) is 44.6 Å². The summed E-state index contributed by atoms with van der Waals surface area (Å²) in [4.78, 5) is 12.6. The van der Waals surface area contributed by atoms with Gasteiger partial charge in [0, 0.05) is 17.3 Å². The van der Waals surface area contributed by atoms with Crippen molar-refractivity contribution in [2.24, 2.45) is 0 Å². The van der Waals surface area contributed by atoms with Crippen LogP contribution in [0.2, 0.25) is 0 Å². The number of hydrogen-bond donors (Lipinski definition) is 2. The molecule has 2 N–H and O–H groups in total. The standard InChI is InChI=1S/C25H15F9N4O/c26-23(27,28)15-6-8-19(9-7-15)38-21(13-20(37-38)14-4-2-1-3-5-14)36-22(39)35-18-11-16(24(29,30)31)10-17(12-18)25(32,33)34/h1-13H,(H2,35,36,39). The molecular weight excluding hydrogens is 543 g/mol. The number of urea groups is 1. The zero-order chi connectivity index (χ0) is 28.6. The zero-order valence-electron chi connectivity index (χ0n) is 19.2. The summed E-state index contributed by atoms with van der Waals surface area (Å²) in [6.07, 6.45) is -14.9. The van der Waals surface area contributed by atoms with E-state index in [9.17, 15) is 44.3 Å². The van der Waals surface area contributed by atoms with Crippen molar-refractivity contribution in [2.45, 2.75) is 18.5 Å². The number of benzene rings is 3. The van der Waals surface area contributed by atoms with E-state index in [2.05, 4.69) is 10.4 Å². The van der Waals surface area contributed by atoms with Crippen molar-refractivity contribution >= 4 is 17.5 Å². The summed E-state index contributed by atoms with van der Waals surface area (Å²) in [6.45, 7) is 0. The Labute approximate surface area is 213 Å². The minimum atomic E-state index is -5.13. The molecule has 0 unspecified atom stereocenters. The molecule has 204 valence electrons. The summed E-state index contributed by atoms with van der Waals surface area (Å²) in [7, 11) is 0. The largest absolute Gasteiger partial charge is 0.416 e. The number of hydrogen-bond acceptors (Lipinski definition) is 2. The molecule has 0 aliphatic rings. The average molecular weight is 558 g/mol. The van der Waals surface area contributed by atoms with E-state index in [1.165, 1.54) is 6.07 Å². The Hall–Kier alpha value is -4.49. The summed E-state index contributed by atoms with van der Waals surface area (Å²) in [5.41, 5.74) is -4.09. The fraction of sp³-hybridized carbons (Fsp3) is 0.120. The molecule has 0 saturated carbocycles. The minimum Gasteiger partial charge on any atom is -0.308 e. The van der Waals surface area contributed by atoms with Gasteiger partial charge in [-0.15, -0.1) is 0 Å². The Bertz CT molecular complexity index is 1440. The predicted octanol–water partition coefficient (Wildman–Crippen LogP) is 8.24. The highest BCUT2D eigenvalue weighted by molar-refractivity contribution is 5.99. The van der Waals surface area contributed by atoms with Crippen LogP contribution in [0, 0.1) is 0 Å². The van der Waals surface area contributed by atoms with Crippen LogP contribution in [-0.2, 0) is 18.5 Å². The average Bonchev–Trinajstić information content (AvgIpc) is 3.26. The lowest BCUT2D eigenvalue weighted by Gasteiger charge is -2.15. The van der Waals surface area contributed by atoms with Crippen molar-refractivity contribution in [3.05, 3.63) is 95.6 Å². The molecule has 4 rings (SSSR count). The van der Waals surface area contributed by atoms with Crippen LogP contribution >= 0.6 is 0 Å². The van der Waals surface area contributed by atoms with E-state index in [1.807, 2.05) is 5.32 Å². The Morgan fingerprint density at radius 2 is 1.18 bits per heavy atom. The predicted molar refractivity (Wildman–Crippen MR) is 123 cm³/mol. The molecule has 2 amide bonds. The van der Waals surface area contributed by atoms with Gasteiger partial charge in [0.2, 0.25) is 0 Å². The number of nitrogens with one attached hydrogen (secondary N) is 2. The number of rotatable bonds is 4. The first-order chi connectivity index (χ1) is 18.1. The molecule has 1 aromatic heterocycles. The van der Waals surface area contributed by atoms with Crippen molar-refractivity contribution in [3.8, 4) is 16.9 Å². The number of anilines is 2. The van der Waals surface area contributed by atoms with E-state index >= 15 is 0 Å². The monoisotopic (exact) mass is 558 g/mol. The Morgan fingerprint density at radius 3 is 1.69 bits per heavy atom. The molecule has 14 heteroatoms. The molecule has 0 atom stereocenters. The number of carbonyl (C=O) groups excluding carboxylic acids is 1. The number of alkyl halides is 9. The summed E-state index contributed by atoms with van der Waals surface area (Å²) in [5.74, 6) is -0.130. The van der Waals surface area contributed by atoms with Crippen LogP contribution in [0.15, 0.2) is 78.9 Å². The molecule has 0 saturated heterocycles. The Kier molecular flexibility index (Phi) is 7.06. The van der Waals surface area contributed by atoms with Crippen LogP contribution < -0.4 is 10.6 Å². The first kappa shape index (κ1) is 27.5. The highest BCUT2D eigenvalue weighted by Crippen LogP contribution is 2.38. The minimum absolute atomic E-state index is 0.0823. The van der Waals surface area contributed by atoms with Gasteiger partial charge in [-0.05, 0) is 42.5 Å². The zero-order valence-corrected chi connectivity index (χ0v) is 19.2. The summed E-state index contributed by atoms with van der Waals surface area (Å²) < 4.78 is 119. The molecule has 39 heavy (non-hydrogen) atoms. The van der Waals surface area contributed by atoms with E-state index in [-0.39, 0.29) is 23.3 Å². The second-order valence-electron chi connectivity index (χ2n) is 8.11. The van der Waals surface area contributed by atoms with Crippen LogP contribution in [0.3, 0.4) is 0 Å². The lowest BCUT2D eigenvalue weighted by atomic mass is 10.1. The van der Waals surface area contributed by atoms with E-state index in [0.29, 0.717) is 17.7 Å². The van der Waals surface area contributed by atoms with Gasteiger partial charge < -0.3 is 5.32 Å². The first-order valence-corrected chi connectivity index (χ1v) is 10.8. The first-order valence-electron chi connectivity index (χ1n) is 10.8. The van der Waals surface area contributed by atoms with Crippen LogP contribution in [0.25, 0.3) is 16.9 Å². The molecule has 3 aromatic carbocycles. The maximum atomic E-state index is 13.1. The Balaban J connectivity index is 1.68. The number of aromatic nitrogens is 2. The molecule has 0 aliphatic carbocycles. The fourth-order valence-corrected chi connectivity index (χ4v) is 3.51. The van der Waals surface area contributed by atoms with Crippen LogP contribution in [-0.4, -0.2) is 15.8 Å². The van der Waals surface area contributed by atoms with Crippen molar-refractivity contribution in [1.29, 1.82) is 0 Å². The van der Waals surface area contributed by atoms with Crippen molar-refractivity contribution in [2.75, 3.05) is 10.6 Å². The smallest absolute Gasteiger partial charge is 0.308 e. The highest BCUT2D eigenvalue weighted by Gasteiger charge is 2.37. The summed E-state index contributed by atoms with van der Waals surface area (Å²) >= 11 is 0. The highest BCUT2D eigenvalue weighted by atomic mass is 19.4. The van der Waals surface area contributed by atoms with Gasteiger partial charge in [0.05, 0.1) is 28.1 Å². The van der Waals surface area contributed by atoms with Gasteiger partial charge in [-0.3, -0.25) is 5.32 Å². The number of halogens is 9. The molecular formula is C25H15F9N4O. The molecule has 0 aliphatic heterocycles. The second-order valence-corrected chi connectivity index (χ2v) is 8.11. The molecule has 0 spiro atoms. The topological polar surface area (TPSA) is 59.0 Å². The van der Waals surface area contributed by atoms with Gasteiger partial charge in [0.15, 0.2) is 0 Å². The molecule has 0 bridgehead atoms. The van der Waals surface area contributed by atoms with E-state index < -0.39 is 46.9 Å².